The van der Waals surface area contributed by atoms with Crippen molar-refractivity contribution < 1.29 is 68.2 Å². The van der Waals surface area contributed by atoms with Gasteiger partial charge in [0.1, 0.15) is 48.8 Å². The summed E-state index contributed by atoms with van der Waals surface area (Å²) < 4.78 is 38.8. The van der Waals surface area contributed by atoms with Crippen LogP contribution in [0.2, 0.25) is 0 Å². The second kappa shape index (κ2) is 17.4. The van der Waals surface area contributed by atoms with E-state index in [-0.39, 0.29) is 6.61 Å². The fourth-order valence-electron chi connectivity index (χ4n) is 4.62. The summed E-state index contributed by atoms with van der Waals surface area (Å²) in [6, 6.07) is -1.54. The summed E-state index contributed by atoms with van der Waals surface area (Å²) in [6.45, 7) is 1.54. The molecule has 2 saturated heterocycles. The highest BCUT2D eigenvalue weighted by atomic mass is 31.2. The number of nitrogens with one attached hydrogen (secondary N) is 1. The first-order valence-electron chi connectivity index (χ1n) is 13.8. The Kier molecular flexibility index (Phi) is 15.4. The summed E-state index contributed by atoms with van der Waals surface area (Å²) in [5.41, 5.74) is 0. The summed E-state index contributed by atoms with van der Waals surface area (Å²) in [6.07, 6.45) is -7.03. The van der Waals surface area contributed by atoms with E-state index in [1.54, 1.807) is 0 Å². The molecular weight excluding hydrogens is 557 g/mol. The number of hydrogen-bond donors (Lipinski definition) is 7. The largest absolute Gasteiger partial charge is 0.756 e. The third-order valence-electron chi connectivity index (χ3n) is 6.84. The first-order chi connectivity index (χ1) is 18.9. The molecular formula is C24H45NO14P-. The van der Waals surface area contributed by atoms with E-state index in [4.69, 9.17) is 23.3 Å². The molecule has 16 heteroatoms. The maximum atomic E-state index is 12.5. The van der Waals surface area contributed by atoms with Crippen molar-refractivity contribution in [3.8, 4) is 0 Å². The summed E-state index contributed by atoms with van der Waals surface area (Å²) >= 11 is 0. The molecule has 2 aliphatic rings. The minimum atomic E-state index is -4.98. The van der Waals surface area contributed by atoms with E-state index in [0.717, 1.165) is 39.0 Å². The van der Waals surface area contributed by atoms with Crippen LogP contribution in [-0.4, -0.2) is 118 Å². The van der Waals surface area contributed by atoms with Gasteiger partial charge in [-0.25, -0.2) is 0 Å². The van der Waals surface area contributed by atoms with Crippen LogP contribution in [0.15, 0.2) is 0 Å². The van der Waals surface area contributed by atoms with Crippen molar-refractivity contribution in [2.24, 2.45) is 0 Å². The minimum absolute atomic E-state index is 0.137. The van der Waals surface area contributed by atoms with E-state index < -0.39 is 88.3 Å². The van der Waals surface area contributed by atoms with Gasteiger partial charge in [-0.15, -0.1) is 0 Å². The van der Waals surface area contributed by atoms with Crippen molar-refractivity contribution in [2.75, 3.05) is 19.8 Å². The Morgan fingerprint density at radius 3 is 2.00 bits per heavy atom. The molecule has 0 radical (unpaired) electrons. The van der Waals surface area contributed by atoms with Gasteiger partial charge in [-0.2, -0.15) is 0 Å². The van der Waals surface area contributed by atoms with E-state index in [1.165, 1.54) is 12.8 Å². The molecule has 15 nitrogen and oxygen atoms in total. The van der Waals surface area contributed by atoms with E-state index in [9.17, 15) is 44.9 Å². The van der Waals surface area contributed by atoms with Gasteiger partial charge < -0.3 is 59.6 Å². The molecule has 0 saturated carbocycles. The zero-order chi connectivity index (χ0) is 29.9. The second-order valence-corrected chi connectivity index (χ2v) is 11.5. The van der Waals surface area contributed by atoms with Crippen molar-refractivity contribution in [1.82, 2.24) is 5.32 Å². The molecule has 2 aliphatic heterocycles. The number of hydrogen-bond acceptors (Lipinski definition) is 14. The number of phosphoric ester groups is 1. The monoisotopic (exact) mass is 602 g/mol. The molecule has 0 aromatic heterocycles. The maximum absolute atomic E-state index is 12.5. The van der Waals surface area contributed by atoms with Gasteiger partial charge in [0.15, 0.2) is 12.6 Å². The number of carbonyl (C=O) groups is 1. The van der Waals surface area contributed by atoms with E-state index in [1.807, 2.05) is 0 Å². The van der Waals surface area contributed by atoms with Crippen molar-refractivity contribution in [3.05, 3.63) is 0 Å². The van der Waals surface area contributed by atoms with Crippen molar-refractivity contribution in [3.63, 3.8) is 0 Å². The molecule has 7 N–H and O–H groups in total. The number of phosphoric acid groups is 1. The smallest absolute Gasteiger partial charge is 0.270 e. The Labute approximate surface area is 234 Å². The molecule has 2 rings (SSSR count). The molecule has 0 bridgehead atoms. The summed E-state index contributed by atoms with van der Waals surface area (Å²) in [5, 5.41) is 62.9. The lowest BCUT2D eigenvalue weighted by Gasteiger charge is -2.47. The summed E-state index contributed by atoms with van der Waals surface area (Å²) in [7, 11) is -4.98. The lowest BCUT2D eigenvalue weighted by Crippen LogP contribution is -2.67. The minimum Gasteiger partial charge on any atom is -0.756 e. The van der Waals surface area contributed by atoms with Gasteiger partial charge >= 0.3 is 0 Å². The fourth-order valence-corrected chi connectivity index (χ4v) is 5.47. The quantitative estimate of drug-likeness (QED) is 0.0733. The highest BCUT2D eigenvalue weighted by Gasteiger charge is 2.52. The van der Waals surface area contributed by atoms with Crippen molar-refractivity contribution in [1.29, 1.82) is 0 Å². The van der Waals surface area contributed by atoms with Crippen LogP contribution in [0.5, 0.6) is 0 Å². The van der Waals surface area contributed by atoms with Crippen LogP contribution >= 0.6 is 7.82 Å². The van der Waals surface area contributed by atoms with Gasteiger partial charge in [0.25, 0.3) is 7.82 Å². The zero-order valence-electron chi connectivity index (χ0n) is 22.9. The Morgan fingerprint density at radius 1 is 0.850 bits per heavy atom. The Morgan fingerprint density at radius 2 is 1.43 bits per heavy atom. The second-order valence-electron chi connectivity index (χ2n) is 10.1. The van der Waals surface area contributed by atoms with Gasteiger partial charge in [-0.05, 0) is 6.42 Å². The molecule has 1 unspecified atom stereocenters. The molecule has 236 valence electrons. The SMILES string of the molecule is CCCCCCCCCCOP(=O)([O-])O[C@H]1O[C@H](CO)[C@@H](O[C@@H]2O[C@H](CO)[C@H](O)[C@H](O)[C@H]2O)[C@H](O)[C@@H]1NC(C)=O. The molecule has 2 heterocycles. The molecule has 0 spiro atoms. The van der Waals surface area contributed by atoms with Crippen molar-refractivity contribution in [2.45, 2.75) is 127 Å². The molecule has 1 amide bonds. The van der Waals surface area contributed by atoms with Gasteiger partial charge in [-0.3, -0.25) is 13.9 Å². The van der Waals surface area contributed by atoms with Crippen LogP contribution in [0.4, 0.5) is 0 Å². The first-order valence-corrected chi connectivity index (χ1v) is 15.2. The molecule has 0 aliphatic carbocycles. The molecule has 0 aromatic rings. The molecule has 0 aromatic carbocycles. The van der Waals surface area contributed by atoms with Gasteiger partial charge in [0.05, 0.1) is 19.8 Å². The fraction of sp³-hybridized carbons (Fsp3) is 0.958. The number of ether oxygens (including phenoxy) is 3. The zero-order valence-corrected chi connectivity index (χ0v) is 23.8. The first kappa shape index (κ1) is 35.4. The van der Waals surface area contributed by atoms with Crippen LogP contribution in [0.1, 0.15) is 65.2 Å². The lowest BCUT2D eigenvalue weighted by molar-refractivity contribution is -0.347. The molecule has 40 heavy (non-hydrogen) atoms. The normalized spacial score (nSPS) is 36.2. The Balaban J connectivity index is 2.01. The number of aliphatic hydroxyl groups excluding tert-OH is 6. The van der Waals surface area contributed by atoms with Gasteiger partial charge in [0.2, 0.25) is 5.91 Å². The predicted molar refractivity (Wildman–Crippen MR) is 135 cm³/mol. The standard InChI is InChI=1S/C24H46NO14P/c1-3-4-5-6-7-8-9-10-11-35-40(33,34)39-23-17(25-14(2)28)19(30)22(16(13-27)37-23)38-24-21(32)20(31)18(29)15(12-26)36-24/h15-24,26-27,29-32H,3-13H2,1-2H3,(H,25,28)(H,33,34)/p-1/t15-,16-,17+,18+,19-,20+,21-,22-,23-,24+/m1/s1. The Bertz CT molecular complexity index is 791. The van der Waals surface area contributed by atoms with Crippen LogP contribution in [-0.2, 0) is 32.6 Å². The third kappa shape index (κ3) is 10.5. The van der Waals surface area contributed by atoms with E-state index >= 15 is 0 Å². The third-order valence-corrected chi connectivity index (χ3v) is 7.81. The summed E-state index contributed by atoms with van der Waals surface area (Å²) in [5.74, 6) is -0.684. The average Bonchev–Trinajstić information content (AvgIpc) is 2.90. The number of amides is 1. The lowest BCUT2D eigenvalue weighted by atomic mass is 9.95. The van der Waals surface area contributed by atoms with Crippen LogP contribution in [0.25, 0.3) is 0 Å². The highest BCUT2D eigenvalue weighted by molar-refractivity contribution is 7.45. The summed E-state index contributed by atoms with van der Waals surface area (Å²) in [4.78, 5) is 24.3. The number of rotatable bonds is 17. The van der Waals surface area contributed by atoms with E-state index in [2.05, 4.69) is 12.2 Å². The topological polar surface area (TPSA) is 237 Å². The van der Waals surface area contributed by atoms with Gasteiger partial charge in [-0.1, -0.05) is 51.9 Å². The van der Waals surface area contributed by atoms with Crippen LogP contribution in [0, 0.1) is 0 Å². The van der Waals surface area contributed by atoms with E-state index in [0.29, 0.717) is 6.42 Å². The van der Waals surface area contributed by atoms with Gasteiger partial charge in [0, 0.05) is 6.92 Å². The maximum Gasteiger partial charge on any atom is 0.270 e. The number of unbranched alkanes of at least 4 members (excludes halogenated alkanes) is 7. The molecule has 11 atom stereocenters. The Hall–Kier alpha value is -0.780. The highest BCUT2D eigenvalue weighted by Crippen LogP contribution is 2.43. The predicted octanol–water partition coefficient (Wildman–Crippen LogP) is -1.60. The number of aliphatic hydroxyl groups is 6. The number of carbonyl (C=O) groups excluding carboxylic acids is 1. The van der Waals surface area contributed by atoms with Crippen LogP contribution in [0.3, 0.4) is 0 Å². The van der Waals surface area contributed by atoms with Crippen LogP contribution < -0.4 is 10.2 Å². The van der Waals surface area contributed by atoms with Crippen molar-refractivity contribution >= 4 is 13.7 Å². The molecule has 2 fully saturated rings. The average molecular weight is 603 g/mol.